The average molecular weight is 203 g/mol. The first-order chi connectivity index (χ1) is 5.98. The van der Waals surface area contributed by atoms with Crippen molar-refractivity contribution >= 4 is 11.6 Å². The fourth-order valence-electron chi connectivity index (χ4n) is 2.06. The number of halogens is 1. The zero-order valence-corrected chi connectivity index (χ0v) is 8.97. The van der Waals surface area contributed by atoms with Crippen LogP contribution in [0.4, 0.5) is 0 Å². The molecule has 3 unspecified atom stereocenters. The number of rotatable bonds is 0. The van der Waals surface area contributed by atoms with E-state index in [2.05, 4.69) is 13.0 Å². The van der Waals surface area contributed by atoms with Gasteiger partial charge in [-0.05, 0) is 32.8 Å². The Morgan fingerprint density at radius 2 is 2.15 bits per heavy atom. The third-order valence-corrected chi connectivity index (χ3v) is 2.84. The standard InChI is InChI=1S/C10H15ClO2/c1-6-4-7(11)5-8-9(6)13-10(2,3)12-8/h4,7-9H,5H2,1-3H3. The highest BCUT2D eigenvalue weighted by atomic mass is 35.5. The van der Waals surface area contributed by atoms with E-state index in [1.165, 1.54) is 5.57 Å². The minimum atomic E-state index is -0.453. The molecule has 2 rings (SSSR count). The molecule has 0 aromatic heterocycles. The highest BCUT2D eigenvalue weighted by molar-refractivity contribution is 6.21. The lowest BCUT2D eigenvalue weighted by Gasteiger charge is -2.24. The molecule has 0 bridgehead atoms. The minimum absolute atomic E-state index is 0.0961. The Hall–Kier alpha value is -0.0500. The number of fused-ring (bicyclic) bond motifs is 1. The summed E-state index contributed by atoms with van der Waals surface area (Å²) in [6, 6.07) is 0. The number of alkyl halides is 1. The molecule has 1 aliphatic carbocycles. The van der Waals surface area contributed by atoms with E-state index in [-0.39, 0.29) is 17.6 Å². The third kappa shape index (κ3) is 1.76. The van der Waals surface area contributed by atoms with E-state index in [1.54, 1.807) is 0 Å². The van der Waals surface area contributed by atoms with Crippen molar-refractivity contribution in [1.29, 1.82) is 0 Å². The van der Waals surface area contributed by atoms with Gasteiger partial charge in [0.15, 0.2) is 5.79 Å². The monoisotopic (exact) mass is 202 g/mol. The summed E-state index contributed by atoms with van der Waals surface area (Å²) in [7, 11) is 0. The van der Waals surface area contributed by atoms with Gasteiger partial charge >= 0.3 is 0 Å². The highest BCUT2D eigenvalue weighted by Crippen LogP contribution is 2.38. The lowest BCUT2D eigenvalue weighted by Crippen LogP contribution is -2.30. The zero-order chi connectivity index (χ0) is 9.64. The summed E-state index contributed by atoms with van der Waals surface area (Å²) < 4.78 is 11.5. The van der Waals surface area contributed by atoms with Gasteiger partial charge in [0.2, 0.25) is 0 Å². The van der Waals surface area contributed by atoms with Gasteiger partial charge in [-0.2, -0.15) is 0 Å². The smallest absolute Gasteiger partial charge is 0.164 e. The molecule has 0 spiro atoms. The van der Waals surface area contributed by atoms with Crippen molar-refractivity contribution in [2.24, 2.45) is 0 Å². The summed E-state index contributed by atoms with van der Waals surface area (Å²) >= 11 is 6.06. The van der Waals surface area contributed by atoms with Crippen LogP contribution < -0.4 is 0 Å². The van der Waals surface area contributed by atoms with Crippen LogP contribution in [0.15, 0.2) is 11.6 Å². The molecule has 0 radical (unpaired) electrons. The van der Waals surface area contributed by atoms with E-state index >= 15 is 0 Å². The molecule has 1 aliphatic heterocycles. The first-order valence-corrected chi connectivity index (χ1v) is 5.09. The van der Waals surface area contributed by atoms with E-state index in [4.69, 9.17) is 21.1 Å². The van der Waals surface area contributed by atoms with Crippen LogP contribution in [0.5, 0.6) is 0 Å². The number of hydrogen-bond acceptors (Lipinski definition) is 2. The second kappa shape index (κ2) is 2.97. The molecule has 3 heteroatoms. The quantitative estimate of drug-likeness (QED) is 0.444. The first-order valence-electron chi connectivity index (χ1n) is 4.66. The van der Waals surface area contributed by atoms with Gasteiger partial charge in [-0.25, -0.2) is 0 Å². The number of hydrogen-bond donors (Lipinski definition) is 0. The summed E-state index contributed by atoms with van der Waals surface area (Å²) in [6.07, 6.45) is 3.17. The predicted molar refractivity (Wildman–Crippen MR) is 51.8 cm³/mol. The molecular formula is C10H15ClO2. The van der Waals surface area contributed by atoms with Gasteiger partial charge in [0, 0.05) is 0 Å². The van der Waals surface area contributed by atoms with Crippen molar-refractivity contribution in [3.05, 3.63) is 11.6 Å². The van der Waals surface area contributed by atoms with Crippen molar-refractivity contribution in [2.75, 3.05) is 0 Å². The van der Waals surface area contributed by atoms with Crippen LogP contribution in [0.3, 0.4) is 0 Å². The molecule has 2 nitrogen and oxygen atoms in total. The molecule has 0 saturated carbocycles. The summed E-state index contributed by atoms with van der Waals surface area (Å²) in [4.78, 5) is 0. The second-order valence-electron chi connectivity index (χ2n) is 4.26. The maximum Gasteiger partial charge on any atom is 0.164 e. The molecule has 3 atom stereocenters. The van der Waals surface area contributed by atoms with Crippen LogP contribution in [-0.4, -0.2) is 23.4 Å². The largest absolute Gasteiger partial charge is 0.344 e. The van der Waals surface area contributed by atoms with Gasteiger partial charge in [0.1, 0.15) is 6.10 Å². The molecule has 0 amide bonds. The summed E-state index contributed by atoms with van der Waals surface area (Å²) in [5.41, 5.74) is 1.20. The molecular weight excluding hydrogens is 188 g/mol. The predicted octanol–water partition coefficient (Wildman–Crippen LogP) is 2.46. The van der Waals surface area contributed by atoms with Gasteiger partial charge in [0.25, 0.3) is 0 Å². The van der Waals surface area contributed by atoms with Crippen LogP contribution in [-0.2, 0) is 9.47 Å². The highest BCUT2D eigenvalue weighted by Gasteiger charge is 2.44. The Morgan fingerprint density at radius 3 is 2.85 bits per heavy atom. The molecule has 2 aliphatic rings. The van der Waals surface area contributed by atoms with Crippen molar-refractivity contribution in [3.8, 4) is 0 Å². The van der Waals surface area contributed by atoms with Gasteiger partial charge in [-0.1, -0.05) is 6.08 Å². The Balaban J connectivity index is 2.20. The normalized spacial score (nSPS) is 42.8. The van der Waals surface area contributed by atoms with Crippen molar-refractivity contribution < 1.29 is 9.47 Å². The summed E-state index contributed by atoms with van der Waals surface area (Å²) in [5.74, 6) is -0.453. The van der Waals surface area contributed by atoms with Gasteiger partial charge < -0.3 is 9.47 Å². The number of ether oxygens (including phenoxy) is 2. The molecule has 0 aromatic rings. The molecule has 13 heavy (non-hydrogen) atoms. The van der Waals surface area contributed by atoms with Crippen LogP contribution in [0, 0.1) is 0 Å². The van der Waals surface area contributed by atoms with Crippen molar-refractivity contribution in [3.63, 3.8) is 0 Å². The van der Waals surface area contributed by atoms with E-state index in [0.29, 0.717) is 0 Å². The Bertz CT molecular complexity index is 247. The summed E-state index contributed by atoms with van der Waals surface area (Å²) in [5, 5.41) is 0.0961. The number of allylic oxidation sites excluding steroid dienone is 1. The van der Waals surface area contributed by atoms with Crippen molar-refractivity contribution in [2.45, 2.75) is 50.6 Å². The Kier molecular flexibility index (Phi) is 2.17. The van der Waals surface area contributed by atoms with Gasteiger partial charge in [-0.15, -0.1) is 11.6 Å². The van der Waals surface area contributed by atoms with E-state index in [1.807, 2.05) is 13.8 Å². The fourth-order valence-corrected chi connectivity index (χ4v) is 2.44. The van der Waals surface area contributed by atoms with E-state index in [0.717, 1.165) is 6.42 Å². The zero-order valence-electron chi connectivity index (χ0n) is 8.21. The molecule has 0 N–H and O–H groups in total. The van der Waals surface area contributed by atoms with Crippen LogP contribution in [0.2, 0.25) is 0 Å². The average Bonchev–Trinajstić information content (AvgIpc) is 2.23. The van der Waals surface area contributed by atoms with Gasteiger partial charge in [0.05, 0.1) is 11.5 Å². The lowest BCUT2D eigenvalue weighted by molar-refractivity contribution is -0.143. The molecule has 0 aromatic carbocycles. The van der Waals surface area contributed by atoms with Gasteiger partial charge in [-0.3, -0.25) is 0 Å². The molecule has 1 fully saturated rings. The molecule has 74 valence electrons. The lowest BCUT2D eigenvalue weighted by atomic mass is 9.95. The van der Waals surface area contributed by atoms with Crippen molar-refractivity contribution in [1.82, 2.24) is 0 Å². The molecule has 1 saturated heterocycles. The fraction of sp³-hybridized carbons (Fsp3) is 0.800. The van der Waals surface area contributed by atoms with Crippen LogP contribution in [0.25, 0.3) is 0 Å². The van der Waals surface area contributed by atoms with Crippen LogP contribution >= 0.6 is 11.6 Å². The third-order valence-electron chi connectivity index (χ3n) is 2.53. The van der Waals surface area contributed by atoms with Crippen LogP contribution in [0.1, 0.15) is 27.2 Å². The Labute approximate surface area is 83.9 Å². The Morgan fingerprint density at radius 1 is 1.46 bits per heavy atom. The minimum Gasteiger partial charge on any atom is -0.344 e. The maximum atomic E-state index is 6.06. The first kappa shape index (κ1) is 9.50. The summed E-state index contributed by atoms with van der Waals surface area (Å²) in [6.45, 7) is 5.95. The maximum absolute atomic E-state index is 6.06. The van der Waals surface area contributed by atoms with E-state index in [9.17, 15) is 0 Å². The molecule has 1 heterocycles. The SMILES string of the molecule is CC1=CC(Cl)CC2OC(C)(C)OC12. The van der Waals surface area contributed by atoms with E-state index < -0.39 is 5.79 Å². The topological polar surface area (TPSA) is 18.5 Å². The second-order valence-corrected chi connectivity index (χ2v) is 4.82.